The highest BCUT2D eigenvalue weighted by Gasteiger charge is 2.39. The fraction of sp³-hybridized carbons (Fsp3) is 0.562. The molecule has 1 aromatic rings. The van der Waals surface area contributed by atoms with E-state index < -0.39 is 5.60 Å². The van der Waals surface area contributed by atoms with E-state index in [0.29, 0.717) is 13.0 Å². The molecule has 0 saturated heterocycles. The molecule has 0 heterocycles. The van der Waals surface area contributed by atoms with Gasteiger partial charge in [-0.2, -0.15) is 0 Å². The average Bonchev–Trinajstić information content (AvgIpc) is 2.42. The van der Waals surface area contributed by atoms with Crippen LogP contribution in [0.1, 0.15) is 44.6 Å². The first kappa shape index (κ1) is 14.7. The molecule has 1 aliphatic rings. The minimum Gasteiger partial charge on any atom is -0.367 e. The largest absolute Gasteiger partial charge is 0.367 e. The standard InChI is InChI=1S/C16H21BrO2/c1-2-19-16(10-6-3-7-11-16)15(18)12-13-8-4-5-9-14(13)17/h4-5,8-9H,2-3,6-7,10-12H2,1H3. The summed E-state index contributed by atoms with van der Waals surface area (Å²) in [6.07, 6.45) is 5.64. The van der Waals surface area contributed by atoms with Crippen LogP contribution in [0.25, 0.3) is 0 Å². The molecule has 104 valence electrons. The Balaban J connectivity index is 2.14. The van der Waals surface area contributed by atoms with Crippen LogP contribution < -0.4 is 0 Å². The second-order valence-electron chi connectivity index (χ2n) is 5.18. The van der Waals surface area contributed by atoms with Gasteiger partial charge >= 0.3 is 0 Å². The predicted molar refractivity (Wildman–Crippen MR) is 80.3 cm³/mol. The molecule has 1 saturated carbocycles. The van der Waals surface area contributed by atoms with Crippen LogP contribution in [0, 0.1) is 0 Å². The number of hydrogen-bond acceptors (Lipinski definition) is 2. The Morgan fingerprint density at radius 1 is 1.26 bits per heavy atom. The fourth-order valence-electron chi connectivity index (χ4n) is 2.88. The van der Waals surface area contributed by atoms with Crippen molar-refractivity contribution >= 4 is 21.7 Å². The summed E-state index contributed by atoms with van der Waals surface area (Å²) in [4.78, 5) is 12.7. The van der Waals surface area contributed by atoms with Gasteiger partial charge in [0.15, 0.2) is 5.78 Å². The van der Waals surface area contributed by atoms with E-state index in [-0.39, 0.29) is 5.78 Å². The zero-order valence-electron chi connectivity index (χ0n) is 11.5. The maximum absolute atomic E-state index is 12.7. The molecular weight excluding hydrogens is 304 g/mol. The van der Waals surface area contributed by atoms with Crippen molar-refractivity contribution in [2.75, 3.05) is 6.61 Å². The topological polar surface area (TPSA) is 26.3 Å². The SMILES string of the molecule is CCOC1(C(=O)Cc2ccccc2Br)CCCCC1. The maximum atomic E-state index is 12.7. The lowest BCUT2D eigenvalue weighted by molar-refractivity contribution is -0.148. The minimum atomic E-state index is -0.526. The highest BCUT2D eigenvalue weighted by Crippen LogP contribution is 2.34. The smallest absolute Gasteiger partial charge is 0.169 e. The summed E-state index contributed by atoms with van der Waals surface area (Å²) in [6, 6.07) is 7.93. The van der Waals surface area contributed by atoms with Gasteiger partial charge in [0, 0.05) is 17.5 Å². The Bertz CT molecular complexity index is 431. The molecule has 19 heavy (non-hydrogen) atoms. The molecule has 0 atom stereocenters. The van der Waals surface area contributed by atoms with Crippen LogP contribution in [0.15, 0.2) is 28.7 Å². The van der Waals surface area contributed by atoms with Crippen molar-refractivity contribution in [2.45, 2.75) is 51.0 Å². The van der Waals surface area contributed by atoms with E-state index in [1.54, 1.807) is 0 Å². The Morgan fingerprint density at radius 2 is 1.95 bits per heavy atom. The number of halogens is 1. The molecule has 1 aliphatic carbocycles. The fourth-order valence-corrected chi connectivity index (χ4v) is 3.30. The van der Waals surface area contributed by atoms with Gasteiger partial charge in [-0.25, -0.2) is 0 Å². The third-order valence-corrected chi connectivity index (χ3v) is 4.67. The molecule has 0 amide bonds. The van der Waals surface area contributed by atoms with Crippen LogP contribution in [0.2, 0.25) is 0 Å². The molecule has 0 spiro atoms. The van der Waals surface area contributed by atoms with Crippen molar-refractivity contribution in [2.24, 2.45) is 0 Å². The summed E-state index contributed by atoms with van der Waals surface area (Å²) in [5.74, 6) is 0.237. The van der Waals surface area contributed by atoms with E-state index in [1.165, 1.54) is 6.42 Å². The number of ether oxygens (including phenoxy) is 1. The van der Waals surface area contributed by atoms with Crippen molar-refractivity contribution in [3.8, 4) is 0 Å². The molecular formula is C16H21BrO2. The molecule has 0 unspecified atom stereocenters. The number of rotatable bonds is 5. The second-order valence-corrected chi connectivity index (χ2v) is 6.03. The van der Waals surface area contributed by atoms with Crippen molar-refractivity contribution in [1.29, 1.82) is 0 Å². The Morgan fingerprint density at radius 3 is 2.58 bits per heavy atom. The zero-order valence-corrected chi connectivity index (χ0v) is 13.0. The number of hydrogen-bond donors (Lipinski definition) is 0. The van der Waals surface area contributed by atoms with Gasteiger partial charge in [-0.05, 0) is 31.4 Å². The second kappa shape index (κ2) is 6.67. The van der Waals surface area contributed by atoms with Crippen molar-refractivity contribution in [1.82, 2.24) is 0 Å². The van der Waals surface area contributed by atoms with Crippen LogP contribution >= 0.6 is 15.9 Å². The lowest BCUT2D eigenvalue weighted by atomic mass is 9.79. The first-order valence-electron chi connectivity index (χ1n) is 7.08. The zero-order chi connectivity index (χ0) is 13.7. The maximum Gasteiger partial charge on any atom is 0.169 e. The van der Waals surface area contributed by atoms with Gasteiger partial charge in [0.05, 0.1) is 0 Å². The molecule has 0 bridgehead atoms. The van der Waals surface area contributed by atoms with Gasteiger partial charge in [0.25, 0.3) is 0 Å². The van der Waals surface area contributed by atoms with Gasteiger partial charge in [0.1, 0.15) is 5.60 Å². The summed E-state index contributed by atoms with van der Waals surface area (Å²) in [6.45, 7) is 2.59. The first-order chi connectivity index (χ1) is 9.18. The summed E-state index contributed by atoms with van der Waals surface area (Å²) in [7, 11) is 0. The van der Waals surface area contributed by atoms with E-state index in [0.717, 1.165) is 35.7 Å². The van der Waals surface area contributed by atoms with Crippen LogP contribution in [0.5, 0.6) is 0 Å². The van der Waals surface area contributed by atoms with Gasteiger partial charge < -0.3 is 4.74 Å². The number of carbonyl (C=O) groups is 1. The van der Waals surface area contributed by atoms with E-state index in [9.17, 15) is 4.79 Å². The molecule has 3 heteroatoms. The summed E-state index contributed by atoms with van der Waals surface area (Å²) >= 11 is 3.51. The molecule has 0 aliphatic heterocycles. The van der Waals surface area contributed by atoms with Crippen LogP contribution in [0.4, 0.5) is 0 Å². The summed E-state index contributed by atoms with van der Waals surface area (Å²) < 4.78 is 6.88. The van der Waals surface area contributed by atoms with Crippen LogP contribution in [0.3, 0.4) is 0 Å². The normalized spacial score (nSPS) is 18.2. The number of benzene rings is 1. The van der Waals surface area contributed by atoms with E-state index in [4.69, 9.17) is 4.74 Å². The molecule has 0 aromatic heterocycles. The molecule has 0 N–H and O–H groups in total. The van der Waals surface area contributed by atoms with Gasteiger partial charge in [-0.3, -0.25) is 4.79 Å². The van der Waals surface area contributed by atoms with Gasteiger partial charge in [0.2, 0.25) is 0 Å². The van der Waals surface area contributed by atoms with Crippen molar-refractivity contribution in [3.63, 3.8) is 0 Å². The molecule has 0 radical (unpaired) electrons. The third-order valence-electron chi connectivity index (χ3n) is 3.90. The van der Waals surface area contributed by atoms with Crippen LogP contribution in [-0.4, -0.2) is 18.0 Å². The van der Waals surface area contributed by atoms with Crippen molar-refractivity contribution < 1.29 is 9.53 Å². The van der Waals surface area contributed by atoms with E-state index in [2.05, 4.69) is 15.9 Å². The predicted octanol–water partition coefficient (Wildman–Crippen LogP) is 4.30. The van der Waals surface area contributed by atoms with E-state index in [1.807, 2.05) is 31.2 Å². The molecule has 1 aromatic carbocycles. The monoisotopic (exact) mass is 324 g/mol. The number of Topliss-reactive ketones (excluding diaryl/α,β-unsaturated/α-hetero) is 1. The molecule has 1 fully saturated rings. The number of ketones is 1. The molecule has 2 rings (SSSR count). The van der Waals surface area contributed by atoms with Crippen molar-refractivity contribution in [3.05, 3.63) is 34.3 Å². The van der Waals surface area contributed by atoms with Gasteiger partial charge in [-0.15, -0.1) is 0 Å². The average molecular weight is 325 g/mol. The Kier molecular flexibility index (Phi) is 5.17. The van der Waals surface area contributed by atoms with E-state index >= 15 is 0 Å². The Hall–Kier alpha value is -0.670. The highest BCUT2D eigenvalue weighted by molar-refractivity contribution is 9.10. The number of carbonyl (C=O) groups excluding carboxylic acids is 1. The lowest BCUT2D eigenvalue weighted by Gasteiger charge is -2.35. The lowest BCUT2D eigenvalue weighted by Crippen LogP contribution is -2.44. The highest BCUT2D eigenvalue weighted by atomic mass is 79.9. The summed E-state index contributed by atoms with van der Waals surface area (Å²) in [5, 5.41) is 0. The quantitative estimate of drug-likeness (QED) is 0.807. The van der Waals surface area contributed by atoms with Crippen LogP contribution in [-0.2, 0) is 16.0 Å². The third kappa shape index (κ3) is 3.46. The van der Waals surface area contributed by atoms with Gasteiger partial charge in [-0.1, -0.05) is 53.4 Å². The summed E-state index contributed by atoms with van der Waals surface area (Å²) in [5.41, 5.74) is 0.527. The minimum absolute atomic E-state index is 0.237. The molecule has 2 nitrogen and oxygen atoms in total. The Labute approximate surface area is 123 Å². The first-order valence-corrected chi connectivity index (χ1v) is 7.88.